The van der Waals surface area contributed by atoms with Gasteiger partial charge in [0.25, 0.3) is 0 Å². The Morgan fingerprint density at radius 1 is 0.875 bits per heavy atom. The van der Waals surface area contributed by atoms with Gasteiger partial charge in [-0.15, -0.1) is 0 Å². The summed E-state index contributed by atoms with van der Waals surface area (Å²) in [5.74, 6) is -0.996. The topological polar surface area (TPSA) is 175 Å². The number of hydrogen-bond acceptors (Lipinski definition) is 11. The van der Waals surface area contributed by atoms with Crippen LogP contribution in [0.2, 0.25) is 0 Å². The molecule has 10 atom stereocenters. The number of carbonyl (C=O) groups is 1. The van der Waals surface area contributed by atoms with E-state index in [1.165, 1.54) is 6.92 Å². The van der Waals surface area contributed by atoms with Crippen molar-refractivity contribution in [3.63, 3.8) is 0 Å². The lowest BCUT2D eigenvalue weighted by Gasteiger charge is -2.44. The molecule has 0 aromatic heterocycles. The molecular weight excluding hydrogens is 332 g/mol. The van der Waals surface area contributed by atoms with E-state index in [0.717, 1.165) is 7.11 Å². The van der Waals surface area contributed by atoms with E-state index < -0.39 is 67.4 Å². The molecule has 0 aromatic carbocycles. The van der Waals surface area contributed by atoms with Gasteiger partial charge in [-0.1, -0.05) is 0 Å². The minimum absolute atomic E-state index is 0.915. The third-order valence-corrected chi connectivity index (χ3v) is 4.10. The van der Waals surface area contributed by atoms with Gasteiger partial charge in [-0.3, -0.25) is 0 Å². The molecule has 0 bridgehead atoms. The summed E-state index contributed by atoms with van der Waals surface area (Å²) in [5.41, 5.74) is 0. The quantitative estimate of drug-likeness (QED) is 0.271. The Labute approximate surface area is 136 Å². The fraction of sp³-hybridized carbons (Fsp3) is 0.923. The first-order valence-corrected chi connectivity index (χ1v) is 7.31. The van der Waals surface area contributed by atoms with Crippen molar-refractivity contribution in [2.45, 2.75) is 68.3 Å². The molecule has 6 N–H and O–H groups in total. The van der Waals surface area contributed by atoms with E-state index in [9.17, 15) is 35.4 Å². The molecule has 140 valence electrons. The summed E-state index contributed by atoms with van der Waals surface area (Å²) in [6, 6.07) is 0. The van der Waals surface area contributed by atoms with Gasteiger partial charge in [0.2, 0.25) is 0 Å². The van der Waals surface area contributed by atoms with Crippen LogP contribution in [0.4, 0.5) is 0 Å². The summed E-state index contributed by atoms with van der Waals surface area (Å²) < 4.78 is 19.9. The van der Waals surface area contributed by atoms with Crippen LogP contribution >= 0.6 is 0 Å². The highest BCUT2D eigenvalue weighted by Gasteiger charge is 2.52. The van der Waals surface area contributed by atoms with Crippen LogP contribution in [0, 0.1) is 0 Å². The molecule has 11 nitrogen and oxygen atoms in total. The van der Waals surface area contributed by atoms with Gasteiger partial charge in [0.05, 0.1) is 13.2 Å². The van der Waals surface area contributed by atoms with Gasteiger partial charge in [0, 0.05) is 0 Å². The number of methoxy groups -OCH3 is 1. The molecule has 0 radical (unpaired) electrons. The average Bonchev–Trinajstić information content (AvgIpc) is 2.56. The average molecular weight is 354 g/mol. The van der Waals surface area contributed by atoms with E-state index in [4.69, 9.17) is 14.2 Å². The van der Waals surface area contributed by atoms with Crippen LogP contribution in [-0.2, 0) is 23.7 Å². The molecule has 2 aliphatic heterocycles. The maximum atomic E-state index is 11.8. The van der Waals surface area contributed by atoms with Gasteiger partial charge in [-0.25, -0.2) is 4.79 Å². The molecular formula is C13H22O11. The summed E-state index contributed by atoms with van der Waals surface area (Å²) in [6.45, 7) is 1.42. The molecule has 0 aliphatic carbocycles. The molecule has 0 saturated carbocycles. The van der Waals surface area contributed by atoms with Crippen molar-refractivity contribution < 1.29 is 54.4 Å². The summed E-state index contributed by atoms with van der Waals surface area (Å²) >= 11 is 0. The Balaban J connectivity index is 2.18. The van der Waals surface area contributed by atoms with Crippen molar-refractivity contribution in [1.82, 2.24) is 0 Å². The van der Waals surface area contributed by atoms with Crippen molar-refractivity contribution in [2.24, 2.45) is 0 Å². The lowest BCUT2D eigenvalue weighted by molar-refractivity contribution is -0.347. The van der Waals surface area contributed by atoms with Crippen LogP contribution in [0.1, 0.15) is 6.92 Å². The minimum atomic E-state index is -1.85. The second-order valence-electron chi connectivity index (χ2n) is 5.73. The fourth-order valence-corrected chi connectivity index (χ4v) is 2.59. The van der Waals surface area contributed by atoms with Gasteiger partial charge < -0.3 is 49.6 Å². The Morgan fingerprint density at radius 2 is 1.50 bits per heavy atom. The van der Waals surface area contributed by atoms with E-state index in [1.54, 1.807) is 0 Å². The van der Waals surface area contributed by atoms with Crippen molar-refractivity contribution in [3.05, 3.63) is 0 Å². The number of carbonyl (C=O) groups excluding carboxylic acids is 1. The molecule has 2 heterocycles. The molecule has 0 unspecified atom stereocenters. The first-order chi connectivity index (χ1) is 11.2. The first-order valence-electron chi connectivity index (χ1n) is 7.31. The summed E-state index contributed by atoms with van der Waals surface area (Å²) in [6.07, 6.45) is -15.7. The number of ether oxygens (including phenoxy) is 4. The molecule has 2 fully saturated rings. The maximum Gasteiger partial charge on any atom is 0.337 e. The van der Waals surface area contributed by atoms with Gasteiger partial charge in [0.1, 0.15) is 36.6 Å². The highest BCUT2D eigenvalue weighted by atomic mass is 16.7. The van der Waals surface area contributed by atoms with Gasteiger partial charge in [-0.05, 0) is 6.92 Å². The van der Waals surface area contributed by atoms with Crippen molar-refractivity contribution in [2.75, 3.05) is 7.11 Å². The molecule has 24 heavy (non-hydrogen) atoms. The Bertz CT molecular complexity index is 446. The third kappa shape index (κ3) is 3.54. The normalized spacial score (nSPS) is 49.7. The van der Waals surface area contributed by atoms with Crippen LogP contribution in [0.5, 0.6) is 0 Å². The molecule has 2 saturated heterocycles. The lowest BCUT2D eigenvalue weighted by Crippen LogP contribution is -2.64. The van der Waals surface area contributed by atoms with Crippen LogP contribution < -0.4 is 0 Å². The molecule has 0 spiro atoms. The van der Waals surface area contributed by atoms with Crippen LogP contribution in [0.3, 0.4) is 0 Å². The highest BCUT2D eigenvalue weighted by Crippen LogP contribution is 2.28. The predicted molar refractivity (Wildman–Crippen MR) is 72.1 cm³/mol. The van der Waals surface area contributed by atoms with Crippen LogP contribution in [0.15, 0.2) is 0 Å². The first kappa shape index (κ1) is 19.4. The fourth-order valence-electron chi connectivity index (χ4n) is 2.59. The molecule has 0 aromatic rings. The van der Waals surface area contributed by atoms with Gasteiger partial charge >= 0.3 is 5.97 Å². The van der Waals surface area contributed by atoms with Crippen LogP contribution in [-0.4, -0.2) is 105 Å². The Morgan fingerprint density at radius 3 is 2.08 bits per heavy atom. The van der Waals surface area contributed by atoms with Crippen molar-refractivity contribution in [3.8, 4) is 0 Å². The van der Waals surface area contributed by atoms with Gasteiger partial charge in [-0.2, -0.15) is 0 Å². The van der Waals surface area contributed by atoms with Crippen molar-refractivity contribution in [1.29, 1.82) is 0 Å². The summed E-state index contributed by atoms with van der Waals surface area (Å²) in [5, 5.41) is 58.6. The maximum absolute atomic E-state index is 11.8. The molecule has 2 rings (SSSR count). The Hall–Kier alpha value is -0.890. The lowest BCUT2D eigenvalue weighted by atomic mass is 9.97. The second-order valence-corrected chi connectivity index (χ2v) is 5.73. The summed E-state index contributed by atoms with van der Waals surface area (Å²) in [7, 11) is 1.04. The standard InChI is InChI=1S/C13H22O11/c1-3-4(14)5(15)8(18)13(22-3)24-9-6(16)7(17)11(19)23-10(9)12(20)21-2/h3-11,13-19H,1-2H3/t3-,4-,5+,6+,7+,8+,9-,10-,11-,13-/m0/s1. The van der Waals surface area contributed by atoms with E-state index in [1.807, 2.05) is 0 Å². The predicted octanol–water partition coefficient (Wildman–Crippen LogP) is -4.19. The number of rotatable bonds is 3. The second kappa shape index (κ2) is 7.56. The Kier molecular flexibility index (Phi) is 6.12. The number of esters is 1. The largest absolute Gasteiger partial charge is 0.467 e. The SMILES string of the molecule is COC(=O)[C@H]1O[C@H](O)[C@H](O)[C@@H](O)[C@@H]1O[C@@H]1O[C@@H](C)[C@H](O)[C@@H](O)[C@H]1O. The van der Waals surface area contributed by atoms with Crippen LogP contribution in [0.25, 0.3) is 0 Å². The van der Waals surface area contributed by atoms with E-state index in [-0.39, 0.29) is 0 Å². The van der Waals surface area contributed by atoms with Gasteiger partial charge in [0.15, 0.2) is 18.7 Å². The smallest absolute Gasteiger partial charge is 0.337 e. The zero-order valence-corrected chi connectivity index (χ0v) is 13.0. The number of aliphatic hydroxyl groups excluding tert-OH is 6. The van der Waals surface area contributed by atoms with E-state index >= 15 is 0 Å². The molecule has 0 amide bonds. The molecule has 11 heteroatoms. The van der Waals surface area contributed by atoms with Crippen molar-refractivity contribution >= 4 is 5.97 Å². The monoisotopic (exact) mass is 354 g/mol. The minimum Gasteiger partial charge on any atom is -0.467 e. The number of aliphatic hydroxyl groups is 6. The third-order valence-electron chi connectivity index (χ3n) is 4.10. The zero-order valence-electron chi connectivity index (χ0n) is 13.0. The van der Waals surface area contributed by atoms with E-state index in [0.29, 0.717) is 0 Å². The highest BCUT2D eigenvalue weighted by molar-refractivity contribution is 5.75. The molecule has 2 aliphatic rings. The van der Waals surface area contributed by atoms with E-state index in [2.05, 4.69) is 4.74 Å². The zero-order chi connectivity index (χ0) is 18.2. The summed E-state index contributed by atoms with van der Waals surface area (Å²) in [4.78, 5) is 11.8. The number of hydrogen-bond donors (Lipinski definition) is 6.